The van der Waals surface area contributed by atoms with Gasteiger partial charge in [-0.05, 0) is 43.5 Å². The van der Waals surface area contributed by atoms with E-state index in [1.54, 1.807) is 18.2 Å². The van der Waals surface area contributed by atoms with Crippen LogP contribution in [0.2, 0.25) is 18.1 Å². The van der Waals surface area contributed by atoms with Gasteiger partial charge in [-0.25, -0.2) is 18.4 Å². The van der Waals surface area contributed by atoms with Crippen LogP contribution in [0.25, 0.3) is 0 Å². The van der Waals surface area contributed by atoms with E-state index in [4.69, 9.17) is 9.16 Å². The zero-order chi connectivity index (χ0) is 24.2. The molecule has 9 heteroatoms. The van der Waals surface area contributed by atoms with Crippen LogP contribution in [-0.2, 0) is 25.4 Å². The first kappa shape index (κ1) is 26.4. The second kappa shape index (κ2) is 10.4. The Bertz CT molecular complexity index is 982. The van der Waals surface area contributed by atoms with Gasteiger partial charge in [-0.2, -0.15) is 0 Å². The maximum Gasteiger partial charge on any atom is 0.228 e. The summed E-state index contributed by atoms with van der Waals surface area (Å²) in [6.45, 7) is 19.5. The number of allylic oxidation sites excluding steroid dienone is 3. The van der Waals surface area contributed by atoms with Gasteiger partial charge in [0.2, 0.25) is 5.95 Å². The van der Waals surface area contributed by atoms with Crippen LogP contribution < -0.4 is 5.32 Å². The summed E-state index contributed by atoms with van der Waals surface area (Å²) in [5.41, 5.74) is 1.80. The molecule has 0 spiro atoms. The van der Waals surface area contributed by atoms with E-state index < -0.39 is 18.2 Å². The number of hydrogen-bond donors (Lipinski definition) is 1. The van der Waals surface area contributed by atoms with Crippen LogP contribution in [0.15, 0.2) is 42.1 Å². The third-order valence-corrected chi connectivity index (χ3v) is 11.5. The molecule has 0 aromatic carbocycles. The first-order valence-corrected chi connectivity index (χ1v) is 15.7. The van der Waals surface area contributed by atoms with Crippen molar-refractivity contribution in [3.8, 4) is 0 Å². The van der Waals surface area contributed by atoms with Crippen molar-refractivity contribution < 1.29 is 17.6 Å². The van der Waals surface area contributed by atoms with Gasteiger partial charge in [0.15, 0.2) is 23.2 Å². The normalized spacial score (nSPS) is 17.2. The Hall–Kier alpha value is -1.81. The standard InChI is InChI=1S/C23H37N3O4SSi/c1-9-10-12-17(2)24-22-25-20-18(21(26-22)31(6,27)28)13-11-14-19(20)29-15-16-30-32(7,8)23(3,4)5/h9-10,12,19H,1-2,11,13-16H2,3-8H3,(H,24,25,26)/b12-10-/t19-/m0/s1. The van der Waals surface area contributed by atoms with Gasteiger partial charge in [-0.3, -0.25) is 0 Å². The Morgan fingerprint density at radius 1 is 1.28 bits per heavy atom. The SMILES string of the molecule is C=C/C=C\C(=C)Nc1nc2c(c(S(C)(=O)=O)n1)CCC[C@@H]2OCCO[Si](C)(C)C(C)(C)C. The number of aromatic nitrogens is 2. The molecule has 0 saturated heterocycles. The highest BCUT2D eigenvalue weighted by atomic mass is 32.2. The summed E-state index contributed by atoms with van der Waals surface area (Å²) >= 11 is 0. The number of hydrogen-bond acceptors (Lipinski definition) is 7. The van der Waals surface area contributed by atoms with Crippen molar-refractivity contribution in [1.29, 1.82) is 0 Å². The fourth-order valence-electron chi connectivity index (χ4n) is 3.18. The second-order valence-electron chi connectivity index (χ2n) is 9.59. The Morgan fingerprint density at radius 3 is 2.56 bits per heavy atom. The lowest BCUT2D eigenvalue weighted by Gasteiger charge is -2.36. The van der Waals surface area contributed by atoms with Gasteiger partial charge in [-0.15, -0.1) is 0 Å². The van der Waals surface area contributed by atoms with Gasteiger partial charge >= 0.3 is 0 Å². The molecule has 0 unspecified atom stereocenters. The molecule has 32 heavy (non-hydrogen) atoms. The summed E-state index contributed by atoms with van der Waals surface area (Å²) in [6.07, 6.45) is 8.11. The van der Waals surface area contributed by atoms with E-state index in [0.717, 1.165) is 12.8 Å². The molecule has 1 aromatic rings. The van der Waals surface area contributed by atoms with Crippen molar-refractivity contribution in [2.75, 3.05) is 24.8 Å². The Balaban J connectivity index is 2.25. The molecule has 1 aliphatic rings. The summed E-state index contributed by atoms with van der Waals surface area (Å²) in [4.78, 5) is 8.91. The van der Waals surface area contributed by atoms with E-state index in [1.165, 1.54) is 6.26 Å². The quantitative estimate of drug-likeness (QED) is 0.219. The second-order valence-corrected chi connectivity index (χ2v) is 16.3. The number of nitrogens with zero attached hydrogens (tertiary/aromatic N) is 2. The lowest BCUT2D eigenvalue weighted by molar-refractivity contribution is 0.0176. The summed E-state index contributed by atoms with van der Waals surface area (Å²) < 4.78 is 37.3. The van der Waals surface area contributed by atoms with Crippen LogP contribution in [0.1, 0.15) is 51.0 Å². The van der Waals surface area contributed by atoms with Crippen LogP contribution in [0.3, 0.4) is 0 Å². The van der Waals surface area contributed by atoms with Crippen molar-refractivity contribution in [2.45, 2.75) is 69.3 Å². The van der Waals surface area contributed by atoms with Crippen molar-refractivity contribution in [1.82, 2.24) is 9.97 Å². The van der Waals surface area contributed by atoms with Crippen LogP contribution in [0.4, 0.5) is 5.95 Å². The largest absolute Gasteiger partial charge is 0.414 e. The van der Waals surface area contributed by atoms with E-state index in [2.05, 4.69) is 62.3 Å². The van der Waals surface area contributed by atoms with Crippen molar-refractivity contribution in [3.05, 3.63) is 48.3 Å². The van der Waals surface area contributed by atoms with Gasteiger partial charge in [0.1, 0.15) is 6.10 Å². The molecule has 2 rings (SSSR count). The Labute approximate surface area is 194 Å². The highest BCUT2D eigenvalue weighted by Gasteiger charge is 2.37. The molecule has 7 nitrogen and oxygen atoms in total. The first-order chi connectivity index (χ1) is 14.8. The van der Waals surface area contributed by atoms with Crippen LogP contribution in [0.5, 0.6) is 0 Å². The number of nitrogens with one attached hydrogen (secondary N) is 1. The molecule has 178 valence electrons. The molecule has 0 radical (unpaired) electrons. The summed E-state index contributed by atoms with van der Waals surface area (Å²) in [5, 5.41) is 3.16. The fraction of sp³-hybridized carbons (Fsp3) is 0.565. The van der Waals surface area contributed by atoms with Crippen molar-refractivity contribution in [3.63, 3.8) is 0 Å². The molecule has 1 N–H and O–H groups in total. The highest BCUT2D eigenvalue weighted by Crippen LogP contribution is 2.37. The average Bonchev–Trinajstić information content (AvgIpc) is 2.67. The van der Waals surface area contributed by atoms with Gasteiger partial charge < -0.3 is 14.5 Å². The lowest BCUT2D eigenvalue weighted by Crippen LogP contribution is -2.41. The number of anilines is 1. The Kier molecular flexibility index (Phi) is 8.60. The highest BCUT2D eigenvalue weighted by molar-refractivity contribution is 7.90. The predicted octanol–water partition coefficient (Wildman–Crippen LogP) is 4.96. The Morgan fingerprint density at radius 2 is 1.97 bits per heavy atom. The smallest absolute Gasteiger partial charge is 0.228 e. The molecule has 1 aliphatic carbocycles. The average molecular weight is 480 g/mol. The zero-order valence-corrected chi connectivity index (χ0v) is 22.0. The van der Waals surface area contributed by atoms with E-state index in [0.29, 0.717) is 36.6 Å². The molecule has 1 heterocycles. The molecular weight excluding hydrogens is 442 g/mol. The molecular formula is C23H37N3O4SSi. The maximum atomic E-state index is 12.5. The topological polar surface area (TPSA) is 90.4 Å². The summed E-state index contributed by atoms with van der Waals surface area (Å²) in [5.74, 6) is 0.191. The zero-order valence-electron chi connectivity index (χ0n) is 20.2. The number of rotatable bonds is 10. The van der Waals surface area contributed by atoms with Crippen LogP contribution in [-0.4, -0.2) is 46.2 Å². The monoisotopic (exact) mass is 479 g/mol. The molecule has 0 aliphatic heterocycles. The van der Waals surface area contributed by atoms with E-state index >= 15 is 0 Å². The van der Waals surface area contributed by atoms with Gasteiger partial charge in [0.25, 0.3) is 0 Å². The lowest BCUT2D eigenvalue weighted by atomic mass is 9.95. The number of fused-ring (bicyclic) bond motifs is 1. The van der Waals surface area contributed by atoms with E-state index in [9.17, 15) is 8.42 Å². The molecule has 0 fully saturated rings. The molecule has 0 amide bonds. The van der Waals surface area contributed by atoms with Crippen molar-refractivity contribution in [2.24, 2.45) is 0 Å². The van der Waals surface area contributed by atoms with Gasteiger partial charge in [0, 0.05) is 17.5 Å². The molecule has 1 atom stereocenters. The number of sulfone groups is 1. The summed E-state index contributed by atoms with van der Waals surface area (Å²) in [6, 6.07) is 0. The van der Waals surface area contributed by atoms with E-state index in [1.807, 2.05) is 0 Å². The minimum absolute atomic E-state index is 0.0522. The molecule has 1 aromatic heterocycles. The fourth-order valence-corrected chi connectivity index (χ4v) is 5.11. The van der Waals surface area contributed by atoms with Crippen molar-refractivity contribution >= 4 is 24.1 Å². The predicted molar refractivity (Wildman–Crippen MR) is 132 cm³/mol. The van der Waals surface area contributed by atoms with Crippen LogP contribution in [0, 0.1) is 0 Å². The maximum absolute atomic E-state index is 12.5. The van der Waals surface area contributed by atoms with Crippen LogP contribution >= 0.6 is 0 Å². The third-order valence-electron chi connectivity index (χ3n) is 5.93. The van der Waals surface area contributed by atoms with Gasteiger partial charge in [-0.1, -0.05) is 46.1 Å². The summed E-state index contributed by atoms with van der Waals surface area (Å²) in [7, 11) is -5.39. The minimum Gasteiger partial charge on any atom is -0.414 e. The molecule has 0 bridgehead atoms. The third kappa shape index (κ3) is 6.84. The van der Waals surface area contributed by atoms with Gasteiger partial charge in [0.05, 0.1) is 18.9 Å². The first-order valence-electron chi connectivity index (χ1n) is 10.9. The van der Waals surface area contributed by atoms with E-state index in [-0.39, 0.29) is 22.1 Å². The number of ether oxygens (including phenoxy) is 1. The molecule has 0 saturated carbocycles. The minimum atomic E-state index is -3.53.